The van der Waals surface area contributed by atoms with Gasteiger partial charge in [-0.2, -0.15) is 5.26 Å². The van der Waals surface area contributed by atoms with Crippen LogP contribution in [0, 0.1) is 22.7 Å². The highest BCUT2D eigenvalue weighted by atomic mass is 32.2. The molecule has 3 rings (SSSR count). The summed E-state index contributed by atoms with van der Waals surface area (Å²) in [6, 6.07) is 9.88. The van der Waals surface area contributed by atoms with E-state index in [9.17, 15) is 14.9 Å². The zero-order valence-corrected chi connectivity index (χ0v) is 21.7. The number of carbonyl (C=O) groups excluding carboxylic acids is 2. The van der Waals surface area contributed by atoms with E-state index in [1.165, 1.54) is 16.6 Å². The Balaban J connectivity index is 1.68. The maximum atomic E-state index is 13.0. The smallest absolute Gasteiger partial charge is 0.238 e. The minimum absolute atomic E-state index is 0.00941. The molecule has 0 spiro atoms. The fraction of sp³-hybridized carbons (Fsp3) is 0.500. The summed E-state index contributed by atoms with van der Waals surface area (Å²) in [4.78, 5) is 27.0. The molecule has 0 radical (unpaired) electrons. The Bertz CT molecular complexity index is 1060. The third-order valence-electron chi connectivity index (χ3n) is 6.12. The van der Waals surface area contributed by atoms with Gasteiger partial charge in [-0.25, -0.2) is 0 Å². The standard InChI is InChI=1S/C26H33N3O2S2/c1-6-8-23(30)28-18-9-7-10-19(14-18)32-16(2)24(31)29-25-21(15-27)20-12-11-17(26(3,4)5)13-22(20)33-25/h7,9-10,14,16-17H,6,8,11-13H2,1-5H3,(H,28,30)(H,29,31). The maximum Gasteiger partial charge on any atom is 0.238 e. The number of carbonyl (C=O) groups is 2. The van der Waals surface area contributed by atoms with Crippen LogP contribution in [0.5, 0.6) is 0 Å². The molecule has 0 saturated carbocycles. The van der Waals surface area contributed by atoms with Crippen LogP contribution in [-0.2, 0) is 22.4 Å². The fourth-order valence-electron chi connectivity index (χ4n) is 4.10. The predicted molar refractivity (Wildman–Crippen MR) is 138 cm³/mol. The third kappa shape index (κ3) is 6.39. The molecular formula is C26H33N3O2S2. The minimum atomic E-state index is -0.348. The molecule has 1 aliphatic rings. The van der Waals surface area contributed by atoms with Crippen molar-refractivity contribution in [3.8, 4) is 6.07 Å². The predicted octanol–water partition coefficient (Wildman–Crippen LogP) is 6.63. The SMILES string of the molecule is CCCC(=O)Nc1cccc(SC(C)C(=O)Nc2sc3c(c2C#N)CCC(C(C)(C)C)C3)c1. The molecule has 0 fully saturated rings. The summed E-state index contributed by atoms with van der Waals surface area (Å²) in [6.45, 7) is 10.6. The van der Waals surface area contributed by atoms with Crippen LogP contribution in [0.2, 0.25) is 0 Å². The van der Waals surface area contributed by atoms with E-state index in [-0.39, 0.29) is 22.5 Å². The summed E-state index contributed by atoms with van der Waals surface area (Å²) in [5, 5.41) is 16.0. The Labute approximate surface area is 205 Å². The van der Waals surface area contributed by atoms with Crippen molar-refractivity contribution in [2.75, 3.05) is 10.6 Å². The third-order valence-corrected chi connectivity index (χ3v) is 8.38. The van der Waals surface area contributed by atoms with E-state index in [4.69, 9.17) is 0 Å². The van der Waals surface area contributed by atoms with Gasteiger partial charge in [-0.05, 0) is 67.7 Å². The molecule has 0 saturated heterocycles. The molecule has 2 atom stereocenters. The molecule has 2 N–H and O–H groups in total. The van der Waals surface area contributed by atoms with Gasteiger partial charge >= 0.3 is 0 Å². The molecule has 1 aliphatic carbocycles. The van der Waals surface area contributed by atoms with Crippen molar-refractivity contribution in [3.63, 3.8) is 0 Å². The van der Waals surface area contributed by atoms with E-state index in [0.29, 0.717) is 22.9 Å². The topological polar surface area (TPSA) is 82.0 Å². The van der Waals surface area contributed by atoms with Gasteiger partial charge in [-0.1, -0.05) is 33.8 Å². The molecule has 33 heavy (non-hydrogen) atoms. The van der Waals surface area contributed by atoms with E-state index >= 15 is 0 Å². The average molecular weight is 484 g/mol. The highest BCUT2D eigenvalue weighted by Crippen LogP contribution is 2.44. The van der Waals surface area contributed by atoms with Gasteiger partial charge < -0.3 is 10.6 Å². The number of thioether (sulfide) groups is 1. The molecule has 0 aliphatic heterocycles. The normalized spacial score (nSPS) is 16.4. The first-order valence-electron chi connectivity index (χ1n) is 11.5. The number of nitrogens with one attached hydrogen (secondary N) is 2. The van der Waals surface area contributed by atoms with Crippen LogP contribution in [-0.4, -0.2) is 17.1 Å². The summed E-state index contributed by atoms with van der Waals surface area (Å²) < 4.78 is 0. The Morgan fingerprint density at radius 1 is 1.30 bits per heavy atom. The first kappa shape index (κ1) is 25.3. The van der Waals surface area contributed by atoms with Crippen LogP contribution in [0.15, 0.2) is 29.2 Å². The van der Waals surface area contributed by atoms with E-state index in [2.05, 4.69) is 37.5 Å². The molecule has 1 aromatic carbocycles. The molecule has 2 aromatic rings. The number of rotatable bonds is 7. The lowest BCUT2D eigenvalue weighted by molar-refractivity contribution is -0.116. The number of nitrogens with zero attached hydrogens (tertiary/aromatic N) is 1. The number of thiophene rings is 1. The Hall–Kier alpha value is -2.30. The van der Waals surface area contributed by atoms with Crippen LogP contribution in [0.4, 0.5) is 10.7 Å². The van der Waals surface area contributed by atoms with Crippen molar-refractivity contribution in [1.29, 1.82) is 5.26 Å². The second-order valence-corrected chi connectivity index (χ2v) is 12.2. The van der Waals surface area contributed by atoms with Gasteiger partial charge in [0.1, 0.15) is 11.1 Å². The van der Waals surface area contributed by atoms with Crippen LogP contribution < -0.4 is 10.6 Å². The number of nitriles is 1. The molecular weight excluding hydrogens is 450 g/mol. The van der Waals surface area contributed by atoms with Crippen molar-refractivity contribution < 1.29 is 9.59 Å². The lowest BCUT2D eigenvalue weighted by Crippen LogP contribution is -2.26. The Morgan fingerprint density at radius 3 is 2.73 bits per heavy atom. The molecule has 7 heteroatoms. The van der Waals surface area contributed by atoms with Crippen molar-refractivity contribution in [2.45, 2.75) is 76.9 Å². The van der Waals surface area contributed by atoms with Crippen LogP contribution in [0.25, 0.3) is 0 Å². The van der Waals surface area contributed by atoms with E-state index < -0.39 is 0 Å². The van der Waals surface area contributed by atoms with Gasteiger partial charge in [0.2, 0.25) is 11.8 Å². The quantitative estimate of drug-likeness (QED) is 0.433. The summed E-state index contributed by atoms with van der Waals surface area (Å²) >= 11 is 3.00. The van der Waals surface area contributed by atoms with Crippen molar-refractivity contribution >= 4 is 45.6 Å². The molecule has 1 heterocycles. The van der Waals surface area contributed by atoms with E-state index in [0.717, 1.165) is 41.8 Å². The Kier molecular flexibility index (Phi) is 8.25. The van der Waals surface area contributed by atoms with Gasteiger partial charge in [-0.15, -0.1) is 23.1 Å². The molecule has 176 valence electrons. The van der Waals surface area contributed by atoms with Crippen molar-refractivity contribution in [2.24, 2.45) is 11.3 Å². The number of amides is 2. The lowest BCUT2D eigenvalue weighted by atomic mass is 9.72. The van der Waals surface area contributed by atoms with E-state index in [1.807, 2.05) is 38.1 Å². The molecule has 5 nitrogen and oxygen atoms in total. The maximum absolute atomic E-state index is 13.0. The van der Waals surface area contributed by atoms with Crippen LogP contribution >= 0.6 is 23.1 Å². The molecule has 2 amide bonds. The number of benzene rings is 1. The molecule has 2 unspecified atom stereocenters. The zero-order valence-electron chi connectivity index (χ0n) is 20.1. The van der Waals surface area contributed by atoms with Crippen molar-refractivity contribution in [1.82, 2.24) is 0 Å². The van der Waals surface area contributed by atoms with Gasteiger partial charge in [0.15, 0.2) is 0 Å². The van der Waals surface area contributed by atoms with Crippen molar-refractivity contribution in [3.05, 3.63) is 40.3 Å². The second-order valence-electron chi connectivity index (χ2n) is 9.70. The summed E-state index contributed by atoms with van der Waals surface area (Å²) in [5.41, 5.74) is 2.72. The van der Waals surface area contributed by atoms with E-state index in [1.54, 1.807) is 11.3 Å². The second kappa shape index (κ2) is 10.8. The number of hydrogen-bond acceptors (Lipinski definition) is 5. The largest absolute Gasteiger partial charge is 0.326 e. The van der Waals surface area contributed by atoms with Gasteiger partial charge in [-0.3, -0.25) is 9.59 Å². The first-order chi connectivity index (χ1) is 15.6. The molecule has 0 bridgehead atoms. The van der Waals surface area contributed by atoms with Crippen LogP contribution in [0.3, 0.4) is 0 Å². The van der Waals surface area contributed by atoms with Crippen LogP contribution in [0.1, 0.15) is 69.9 Å². The minimum Gasteiger partial charge on any atom is -0.326 e. The highest BCUT2D eigenvalue weighted by molar-refractivity contribution is 8.00. The number of hydrogen-bond donors (Lipinski definition) is 2. The fourth-order valence-corrected chi connectivity index (χ4v) is 6.31. The lowest BCUT2D eigenvalue weighted by Gasteiger charge is -2.33. The average Bonchev–Trinajstić information content (AvgIpc) is 3.09. The van der Waals surface area contributed by atoms with Gasteiger partial charge in [0.25, 0.3) is 0 Å². The van der Waals surface area contributed by atoms with Gasteiger partial charge in [0.05, 0.1) is 10.8 Å². The van der Waals surface area contributed by atoms with Gasteiger partial charge in [0, 0.05) is 21.9 Å². The Morgan fingerprint density at radius 2 is 2.06 bits per heavy atom. The number of fused-ring (bicyclic) bond motifs is 1. The monoisotopic (exact) mass is 483 g/mol. The summed E-state index contributed by atoms with van der Waals surface area (Å²) in [7, 11) is 0. The summed E-state index contributed by atoms with van der Waals surface area (Å²) in [5.74, 6) is 0.450. The number of anilines is 2. The molecule has 1 aromatic heterocycles. The zero-order chi connectivity index (χ0) is 24.2. The first-order valence-corrected chi connectivity index (χ1v) is 13.2. The summed E-state index contributed by atoms with van der Waals surface area (Å²) in [6.07, 6.45) is 4.22. The highest BCUT2D eigenvalue weighted by Gasteiger charge is 2.32.